The fraction of sp³-hybridized carbons (Fsp3) is 0.185. The summed E-state index contributed by atoms with van der Waals surface area (Å²) in [6.07, 6.45) is 7.00. The monoisotopic (exact) mass is 538 g/mol. The van der Waals surface area contributed by atoms with Crippen molar-refractivity contribution in [2.75, 3.05) is 0 Å². The van der Waals surface area contributed by atoms with Crippen molar-refractivity contribution in [2.45, 2.75) is 31.1 Å². The molecule has 0 bridgehead atoms. The van der Waals surface area contributed by atoms with Gasteiger partial charge in [0.1, 0.15) is 0 Å². The molecule has 0 nitrogen and oxygen atoms in total. The predicted molar refractivity (Wildman–Crippen MR) is 123 cm³/mol. The number of allylic oxidation sites excluding steroid dienone is 4. The fourth-order valence-electron chi connectivity index (χ4n) is 5.47. The summed E-state index contributed by atoms with van der Waals surface area (Å²) in [5.41, 5.74) is 11.3. The molecule has 0 amide bonds. The molecule has 5 rings (SSSR count). The zero-order valence-electron chi connectivity index (χ0n) is 18.1. The van der Waals surface area contributed by atoms with E-state index in [1.165, 1.54) is 39.0 Å². The van der Waals surface area contributed by atoms with Gasteiger partial charge in [0.15, 0.2) is 0 Å². The molecule has 3 aromatic rings. The second-order valence-electron chi connectivity index (χ2n) is 8.62. The second kappa shape index (κ2) is 10.2. The normalized spacial score (nSPS) is 16.4. The molecule has 0 radical (unpaired) electrons. The van der Waals surface area contributed by atoms with Crippen molar-refractivity contribution >= 4 is 13.6 Å². The molecule has 0 saturated carbocycles. The molecule has 156 valence electrons. The maximum Gasteiger partial charge on any atom is 2.00 e. The largest absolute Gasteiger partial charge is 2.00 e. The Morgan fingerprint density at radius 1 is 0.677 bits per heavy atom. The molecule has 0 heterocycles. The molecule has 0 fully saturated rings. The zero-order chi connectivity index (χ0) is 19.3. The first kappa shape index (κ1) is 26.1. The van der Waals surface area contributed by atoms with Crippen molar-refractivity contribution in [3.8, 4) is 11.1 Å². The van der Waals surface area contributed by atoms with Crippen LogP contribution in [0.2, 0.25) is 13.1 Å². The molecule has 1 unspecified atom stereocenters. The summed E-state index contributed by atoms with van der Waals surface area (Å²) in [7, 11) is -1.77. The van der Waals surface area contributed by atoms with Crippen molar-refractivity contribution in [1.29, 1.82) is 0 Å². The molecule has 0 N–H and O–H groups in total. The summed E-state index contributed by atoms with van der Waals surface area (Å²) < 4.78 is 0. The summed E-state index contributed by atoms with van der Waals surface area (Å²) in [6, 6.07) is 27.2. The van der Waals surface area contributed by atoms with Crippen LogP contribution in [0.5, 0.6) is 0 Å². The van der Waals surface area contributed by atoms with Crippen LogP contribution in [-0.4, -0.2) is 8.07 Å². The van der Waals surface area contributed by atoms with Gasteiger partial charge in [0.2, 0.25) is 0 Å². The van der Waals surface area contributed by atoms with Gasteiger partial charge in [0.25, 0.3) is 0 Å². The standard InChI is InChI=1S/C27H26Si.2ClH.Zr/c1-4-11-19-18-26(23-15-8-5-12-20(19)23)28(2,3)27-24-16-9-6-13-21(24)22-14-7-10-17-25(22)27;;;/h4-18,26-27H,1-3H3;2*1H;/q;;;+2/p-2. The van der Waals surface area contributed by atoms with E-state index in [9.17, 15) is 0 Å². The topological polar surface area (TPSA) is 0 Å². The summed E-state index contributed by atoms with van der Waals surface area (Å²) in [6.45, 7) is 7.29. The average molecular weight is 541 g/mol. The van der Waals surface area contributed by atoms with Gasteiger partial charge in [-0.05, 0) is 51.4 Å². The van der Waals surface area contributed by atoms with Crippen molar-refractivity contribution in [3.05, 3.63) is 113 Å². The minimum atomic E-state index is -1.77. The maximum absolute atomic E-state index is 2.59. The van der Waals surface area contributed by atoms with E-state index in [1.807, 2.05) is 0 Å². The SMILES string of the molecule is CC=CC1=CC([Si](C)(C)C2c3ccccc3-c3ccccc32)c2ccccc21.[Cl-].[Cl-].[Zr+2]. The van der Waals surface area contributed by atoms with E-state index in [1.54, 1.807) is 0 Å². The van der Waals surface area contributed by atoms with Gasteiger partial charge in [-0.15, -0.1) is 0 Å². The Morgan fingerprint density at radius 2 is 1.13 bits per heavy atom. The molecule has 3 aromatic carbocycles. The summed E-state index contributed by atoms with van der Waals surface area (Å²) >= 11 is 0. The Morgan fingerprint density at radius 3 is 1.65 bits per heavy atom. The minimum absolute atomic E-state index is 0. The van der Waals surface area contributed by atoms with Crippen LogP contribution in [0.25, 0.3) is 16.7 Å². The van der Waals surface area contributed by atoms with Crippen LogP contribution in [0.4, 0.5) is 0 Å². The molecule has 4 heteroatoms. The Balaban J connectivity index is 0.00000114. The molecular weight excluding hydrogens is 515 g/mol. The number of hydrogen-bond donors (Lipinski definition) is 0. The van der Waals surface area contributed by atoms with Gasteiger partial charge in [-0.3, -0.25) is 0 Å². The summed E-state index contributed by atoms with van der Waals surface area (Å²) in [4.78, 5) is 0. The average Bonchev–Trinajstić information content (AvgIpc) is 3.25. The van der Waals surface area contributed by atoms with E-state index in [0.717, 1.165) is 0 Å². The van der Waals surface area contributed by atoms with Crippen LogP contribution in [0.1, 0.15) is 40.3 Å². The molecule has 1 atom stereocenters. The molecule has 0 aliphatic heterocycles. The van der Waals surface area contributed by atoms with Crippen molar-refractivity contribution in [2.24, 2.45) is 0 Å². The Hall–Kier alpha value is -1.18. The predicted octanol–water partition coefficient (Wildman–Crippen LogP) is 1.35. The molecule has 0 aromatic heterocycles. The summed E-state index contributed by atoms with van der Waals surface area (Å²) in [5, 5.41) is 0. The van der Waals surface area contributed by atoms with Gasteiger partial charge in [0, 0.05) is 5.54 Å². The van der Waals surface area contributed by atoms with Crippen molar-refractivity contribution < 1.29 is 51.0 Å². The van der Waals surface area contributed by atoms with Gasteiger partial charge in [-0.2, -0.15) is 0 Å². The second-order valence-corrected chi connectivity index (χ2v) is 13.5. The number of benzene rings is 3. The molecule has 31 heavy (non-hydrogen) atoms. The number of rotatable bonds is 3. The minimum Gasteiger partial charge on any atom is -1.00 e. The van der Waals surface area contributed by atoms with Gasteiger partial charge >= 0.3 is 26.2 Å². The number of fused-ring (bicyclic) bond motifs is 4. The number of halogens is 2. The van der Waals surface area contributed by atoms with Crippen LogP contribution in [0.3, 0.4) is 0 Å². The van der Waals surface area contributed by atoms with Crippen molar-refractivity contribution in [3.63, 3.8) is 0 Å². The summed E-state index contributed by atoms with van der Waals surface area (Å²) in [5.74, 6) is 0. The van der Waals surface area contributed by atoms with E-state index >= 15 is 0 Å². The van der Waals surface area contributed by atoms with Gasteiger partial charge < -0.3 is 24.8 Å². The first-order valence-corrected chi connectivity index (χ1v) is 13.4. The van der Waals surface area contributed by atoms with Gasteiger partial charge in [0.05, 0.1) is 8.07 Å². The third-order valence-electron chi connectivity index (χ3n) is 6.68. The van der Waals surface area contributed by atoms with Crippen LogP contribution in [0, 0.1) is 0 Å². The maximum atomic E-state index is 2.59. The fourth-order valence-corrected chi connectivity index (χ4v) is 9.60. The Bertz CT molecular complexity index is 1090. The Labute approximate surface area is 218 Å². The van der Waals surface area contributed by atoms with Crippen LogP contribution >= 0.6 is 0 Å². The van der Waals surface area contributed by atoms with Gasteiger partial charge in [-0.25, -0.2) is 0 Å². The quantitative estimate of drug-likeness (QED) is 0.440. The van der Waals surface area contributed by atoms with Crippen LogP contribution < -0.4 is 24.8 Å². The molecular formula is C27H26Cl2SiZr. The van der Waals surface area contributed by atoms with E-state index < -0.39 is 8.07 Å². The smallest absolute Gasteiger partial charge is 1.00 e. The molecule has 0 spiro atoms. The van der Waals surface area contributed by atoms with Gasteiger partial charge in [-0.1, -0.05) is 104 Å². The third kappa shape index (κ3) is 4.13. The van der Waals surface area contributed by atoms with E-state index in [0.29, 0.717) is 11.1 Å². The molecule has 2 aliphatic carbocycles. The van der Waals surface area contributed by atoms with E-state index in [2.05, 4.69) is 111 Å². The van der Waals surface area contributed by atoms with Crippen LogP contribution in [-0.2, 0) is 26.2 Å². The molecule has 0 saturated heterocycles. The third-order valence-corrected chi connectivity index (χ3v) is 10.9. The number of hydrogen-bond acceptors (Lipinski definition) is 0. The Kier molecular flexibility index (Phi) is 8.56. The zero-order valence-corrected chi connectivity index (χ0v) is 23.0. The molecule has 2 aliphatic rings. The van der Waals surface area contributed by atoms with E-state index in [4.69, 9.17) is 0 Å². The van der Waals surface area contributed by atoms with Crippen molar-refractivity contribution in [1.82, 2.24) is 0 Å². The van der Waals surface area contributed by atoms with E-state index in [-0.39, 0.29) is 51.0 Å². The first-order chi connectivity index (χ1) is 13.6. The van der Waals surface area contributed by atoms with Crippen LogP contribution in [0.15, 0.2) is 91.0 Å². The first-order valence-electron chi connectivity index (χ1n) is 10.2.